The Morgan fingerprint density at radius 3 is 2.70 bits per heavy atom. The maximum atomic E-state index is 9.98. The van der Waals surface area contributed by atoms with Crippen molar-refractivity contribution in [1.82, 2.24) is 10.6 Å². The fraction of sp³-hybridized carbons (Fsp3) is 0.857. The van der Waals surface area contributed by atoms with E-state index in [4.69, 9.17) is 0 Å². The Morgan fingerprint density at radius 2 is 2.40 bits per heavy atom. The first-order valence-electron chi connectivity index (χ1n) is 3.71. The molecule has 0 aromatic carbocycles. The molecule has 1 rings (SSSR count). The quantitative estimate of drug-likeness (QED) is 0.531. The third-order valence-electron chi connectivity index (χ3n) is 2.31. The predicted molar refractivity (Wildman–Crippen MR) is 39.7 cm³/mol. The van der Waals surface area contributed by atoms with E-state index in [1.54, 1.807) is 0 Å². The lowest BCUT2D eigenvalue weighted by Crippen LogP contribution is -2.57. The fourth-order valence-electron chi connectivity index (χ4n) is 1.24. The van der Waals surface area contributed by atoms with Gasteiger partial charge < -0.3 is 10.6 Å². The molecule has 1 aliphatic rings. The second-order valence-electron chi connectivity index (χ2n) is 2.96. The first-order valence-corrected chi connectivity index (χ1v) is 3.71. The van der Waals surface area contributed by atoms with Gasteiger partial charge in [-0.15, -0.1) is 0 Å². The van der Waals surface area contributed by atoms with Crippen LogP contribution in [-0.4, -0.2) is 26.0 Å². The zero-order chi connectivity index (χ0) is 7.45. The van der Waals surface area contributed by atoms with Gasteiger partial charge in [0, 0.05) is 25.0 Å². The van der Waals surface area contributed by atoms with E-state index in [-0.39, 0.29) is 0 Å². The van der Waals surface area contributed by atoms with Gasteiger partial charge in [-0.05, 0) is 6.42 Å². The summed E-state index contributed by atoms with van der Waals surface area (Å²) in [5.41, 5.74) is 0.362. The van der Waals surface area contributed by atoms with Crippen LogP contribution < -0.4 is 10.6 Å². The molecule has 3 nitrogen and oxygen atoms in total. The van der Waals surface area contributed by atoms with Crippen molar-refractivity contribution in [3.05, 3.63) is 0 Å². The van der Waals surface area contributed by atoms with Crippen molar-refractivity contribution in [3.8, 4) is 0 Å². The average Bonchev–Trinajstić information content (AvgIpc) is 1.87. The molecule has 1 heterocycles. The molecule has 0 aromatic rings. The number of rotatable bonds is 4. The molecule has 58 valence electrons. The van der Waals surface area contributed by atoms with E-state index >= 15 is 0 Å². The van der Waals surface area contributed by atoms with Crippen LogP contribution in [0.3, 0.4) is 0 Å². The minimum absolute atomic E-state index is 0.362. The molecular formula is C7H14N2O. The van der Waals surface area contributed by atoms with Crippen molar-refractivity contribution < 1.29 is 4.79 Å². The van der Waals surface area contributed by atoms with Crippen molar-refractivity contribution in [3.63, 3.8) is 0 Å². The summed E-state index contributed by atoms with van der Waals surface area (Å²) < 4.78 is 0. The summed E-state index contributed by atoms with van der Waals surface area (Å²) in [6.07, 6.45) is 1.91. The zero-order valence-corrected chi connectivity index (χ0v) is 6.31. The van der Waals surface area contributed by atoms with Crippen molar-refractivity contribution in [1.29, 1.82) is 0 Å². The highest BCUT2D eigenvalue weighted by atomic mass is 16.1. The fourth-order valence-corrected chi connectivity index (χ4v) is 1.24. The normalized spacial score (nSPS) is 21.3. The number of carbonyl (C=O) groups excluding carboxylic acids is 1. The predicted octanol–water partition coefficient (Wildman–Crippen LogP) is -0.268. The van der Waals surface area contributed by atoms with Crippen molar-refractivity contribution in [2.24, 2.45) is 5.41 Å². The molecule has 0 saturated carbocycles. The number of hydrogen-bond acceptors (Lipinski definition) is 2. The summed E-state index contributed by atoms with van der Waals surface area (Å²) in [7, 11) is 0. The molecule has 1 fully saturated rings. The monoisotopic (exact) mass is 142 g/mol. The molecule has 1 amide bonds. The summed E-state index contributed by atoms with van der Waals surface area (Å²) in [5.74, 6) is 0. The third kappa shape index (κ3) is 1.29. The summed E-state index contributed by atoms with van der Waals surface area (Å²) in [4.78, 5) is 9.98. The smallest absolute Gasteiger partial charge is 0.207 e. The molecule has 2 N–H and O–H groups in total. The van der Waals surface area contributed by atoms with Crippen molar-refractivity contribution >= 4 is 6.41 Å². The maximum Gasteiger partial charge on any atom is 0.207 e. The zero-order valence-electron chi connectivity index (χ0n) is 6.31. The first-order chi connectivity index (χ1) is 4.83. The Kier molecular flexibility index (Phi) is 2.27. The lowest BCUT2D eigenvalue weighted by Gasteiger charge is -2.41. The van der Waals surface area contributed by atoms with E-state index in [0.717, 1.165) is 32.5 Å². The standard InChI is InChI=1S/C7H14N2O/c1-2-7(3-8-4-7)5-9-6-10/h6,8H,2-5H2,1H3,(H,9,10). The van der Waals surface area contributed by atoms with Gasteiger partial charge in [0.05, 0.1) is 0 Å². The Hall–Kier alpha value is -0.570. The van der Waals surface area contributed by atoms with E-state index in [9.17, 15) is 4.79 Å². The Morgan fingerprint density at radius 1 is 1.70 bits per heavy atom. The highest BCUT2D eigenvalue weighted by Crippen LogP contribution is 2.24. The van der Waals surface area contributed by atoms with Crippen LogP contribution in [0.4, 0.5) is 0 Å². The van der Waals surface area contributed by atoms with Gasteiger partial charge in [0.25, 0.3) is 0 Å². The van der Waals surface area contributed by atoms with E-state index in [2.05, 4.69) is 17.6 Å². The molecule has 3 heteroatoms. The van der Waals surface area contributed by atoms with Gasteiger partial charge >= 0.3 is 0 Å². The van der Waals surface area contributed by atoms with Gasteiger partial charge in [-0.2, -0.15) is 0 Å². The topological polar surface area (TPSA) is 41.1 Å². The number of hydrogen-bond donors (Lipinski definition) is 2. The molecule has 0 unspecified atom stereocenters. The second kappa shape index (κ2) is 3.01. The molecule has 1 saturated heterocycles. The SMILES string of the molecule is CCC1(CNC=O)CNC1. The molecule has 10 heavy (non-hydrogen) atoms. The van der Waals surface area contributed by atoms with Crippen LogP contribution in [-0.2, 0) is 4.79 Å². The molecule has 0 atom stereocenters. The third-order valence-corrected chi connectivity index (χ3v) is 2.31. The van der Waals surface area contributed by atoms with E-state index in [1.165, 1.54) is 0 Å². The van der Waals surface area contributed by atoms with Gasteiger partial charge in [-0.1, -0.05) is 6.92 Å². The number of nitrogens with one attached hydrogen (secondary N) is 2. The average molecular weight is 142 g/mol. The second-order valence-corrected chi connectivity index (χ2v) is 2.96. The molecule has 1 aliphatic heterocycles. The highest BCUT2D eigenvalue weighted by molar-refractivity contribution is 5.46. The van der Waals surface area contributed by atoms with E-state index in [1.807, 2.05) is 0 Å². The summed E-state index contributed by atoms with van der Waals surface area (Å²) >= 11 is 0. The Bertz CT molecular complexity index is 115. The van der Waals surface area contributed by atoms with Gasteiger partial charge in [-0.3, -0.25) is 4.79 Å². The van der Waals surface area contributed by atoms with Crippen LogP contribution in [0, 0.1) is 5.41 Å². The molecule has 0 spiro atoms. The minimum Gasteiger partial charge on any atom is -0.358 e. The highest BCUT2D eigenvalue weighted by Gasteiger charge is 2.34. The van der Waals surface area contributed by atoms with Crippen LogP contribution in [0.5, 0.6) is 0 Å². The van der Waals surface area contributed by atoms with Crippen molar-refractivity contribution in [2.75, 3.05) is 19.6 Å². The van der Waals surface area contributed by atoms with Crippen LogP contribution in [0.15, 0.2) is 0 Å². The van der Waals surface area contributed by atoms with Crippen molar-refractivity contribution in [2.45, 2.75) is 13.3 Å². The van der Waals surface area contributed by atoms with E-state index < -0.39 is 0 Å². The minimum atomic E-state index is 0.362. The lowest BCUT2D eigenvalue weighted by atomic mass is 9.79. The van der Waals surface area contributed by atoms with Crippen LogP contribution >= 0.6 is 0 Å². The van der Waals surface area contributed by atoms with E-state index in [0.29, 0.717) is 5.41 Å². The van der Waals surface area contributed by atoms with Gasteiger partial charge in [0.2, 0.25) is 6.41 Å². The number of carbonyl (C=O) groups is 1. The Labute approximate surface area is 61.2 Å². The van der Waals surface area contributed by atoms with Gasteiger partial charge in [0.15, 0.2) is 0 Å². The largest absolute Gasteiger partial charge is 0.358 e. The molecule has 0 radical (unpaired) electrons. The van der Waals surface area contributed by atoms with Crippen LogP contribution in [0.1, 0.15) is 13.3 Å². The molecule has 0 bridgehead atoms. The Balaban J connectivity index is 2.26. The van der Waals surface area contributed by atoms with Gasteiger partial charge in [-0.25, -0.2) is 0 Å². The first kappa shape index (κ1) is 7.54. The number of amides is 1. The van der Waals surface area contributed by atoms with Gasteiger partial charge in [0.1, 0.15) is 0 Å². The van der Waals surface area contributed by atoms with Crippen LogP contribution in [0.2, 0.25) is 0 Å². The van der Waals surface area contributed by atoms with Crippen LogP contribution in [0.25, 0.3) is 0 Å². The summed E-state index contributed by atoms with van der Waals surface area (Å²) in [6.45, 7) is 5.07. The molecule has 0 aromatic heterocycles. The maximum absolute atomic E-state index is 9.98. The molecular weight excluding hydrogens is 128 g/mol. The lowest BCUT2D eigenvalue weighted by molar-refractivity contribution is -0.110. The summed E-state index contributed by atoms with van der Waals surface area (Å²) in [5, 5.41) is 5.93. The summed E-state index contributed by atoms with van der Waals surface area (Å²) in [6, 6.07) is 0. The molecule has 0 aliphatic carbocycles.